The number of halogens is 4. The molecule has 8 nitrogen and oxygen atoms in total. The SMILES string of the molecule is COc1cnc(C2=Nc3cc([C@]4(C)C[C@@H](C(F)(F)F)OC(N)N4)c(F)cc3CN2)cn1. The van der Waals surface area contributed by atoms with Crippen molar-refractivity contribution in [3.63, 3.8) is 0 Å². The molecule has 4 rings (SSSR count). The molecule has 1 saturated heterocycles. The normalized spacial score (nSPS) is 26.0. The van der Waals surface area contributed by atoms with Crippen molar-refractivity contribution in [3.8, 4) is 5.88 Å². The smallest absolute Gasteiger partial charge is 0.414 e. The van der Waals surface area contributed by atoms with E-state index in [9.17, 15) is 17.6 Å². The first-order valence-electron chi connectivity index (χ1n) is 9.36. The van der Waals surface area contributed by atoms with Gasteiger partial charge in [0.1, 0.15) is 11.5 Å². The third kappa shape index (κ3) is 4.18. The molecule has 166 valence electrons. The number of rotatable bonds is 3. The van der Waals surface area contributed by atoms with Gasteiger partial charge in [-0.05, 0) is 24.6 Å². The summed E-state index contributed by atoms with van der Waals surface area (Å²) in [7, 11) is 1.46. The molecule has 1 aromatic carbocycles. The van der Waals surface area contributed by atoms with Crippen LogP contribution >= 0.6 is 0 Å². The van der Waals surface area contributed by atoms with Crippen LogP contribution in [0.15, 0.2) is 29.5 Å². The second kappa shape index (κ2) is 7.70. The maximum absolute atomic E-state index is 14.9. The van der Waals surface area contributed by atoms with Gasteiger partial charge in [-0.15, -0.1) is 0 Å². The molecule has 0 saturated carbocycles. The number of hydrogen-bond donors (Lipinski definition) is 3. The number of methoxy groups -OCH3 is 1. The van der Waals surface area contributed by atoms with E-state index in [1.165, 1.54) is 38.6 Å². The highest BCUT2D eigenvalue weighted by Gasteiger charge is 2.50. The number of hydrogen-bond acceptors (Lipinski definition) is 8. The Hall–Kier alpha value is -2.83. The zero-order chi connectivity index (χ0) is 22.4. The fourth-order valence-electron chi connectivity index (χ4n) is 3.69. The van der Waals surface area contributed by atoms with Crippen LogP contribution in [0.25, 0.3) is 0 Å². The van der Waals surface area contributed by atoms with Crippen molar-refractivity contribution in [1.29, 1.82) is 0 Å². The van der Waals surface area contributed by atoms with Crippen molar-refractivity contribution in [2.24, 2.45) is 10.7 Å². The Morgan fingerprint density at radius 1 is 1.26 bits per heavy atom. The molecule has 4 N–H and O–H groups in total. The number of amidine groups is 1. The summed E-state index contributed by atoms with van der Waals surface area (Å²) in [5.41, 5.74) is 5.63. The lowest BCUT2D eigenvalue weighted by Gasteiger charge is -2.43. The third-order valence-corrected chi connectivity index (χ3v) is 5.25. The van der Waals surface area contributed by atoms with Crippen LogP contribution in [-0.4, -0.2) is 41.5 Å². The molecular weight excluding hydrogens is 420 g/mol. The number of nitrogens with two attached hydrogens (primary N) is 1. The van der Waals surface area contributed by atoms with Crippen molar-refractivity contribution in [1.82, 2.24) is 20.6 Å². The number of fused-ring (bicyclic) bond motifs is 1. The van der Waals surface area contributed by atoms with Gasteiger partial charge >= 0.3 is 6.18 Å². The van der Waals surface area contributed by atoms with Gasteiger partial charge in [0, 0.05) is 24.1 Å². The van der Waals surface area contributed by atoms with E-state index >= 15 is 0 Å². The molecule has 0 spiro atoms. The lowest BCUT2D eigenvalue weighted by Crippen LogP contribution is -2.61. The average Bonchev–Trinajstić information content (AvgIpc) is 2.71. The van der Waals surface area contributed by atoms with Crippen LogP contribution in [0.2, 0.25) is 0 Å². The summed E-state index contributed by atoms with van der Waals surface area (Å²) in [5.74, 6) is 0.0719. The second-order valence-electron chi connectivity index (χ2n) is 7.49. The number of benzene rings is 1. The molecule has 3 atom stereocenters. The molecule has 3 heterocycles. The van der Waals surface area contributed by atoms with Gasteiger partial charge in [0.05, 0.1) is 25.2 Å². The van der Waals surface area contributed by atoms with E-state index < -0.39 is 36.4 Å². The summed E-state index contributed by atoms with van der Waals surface area (Å²) in [4.78, 5) is 12.8. The molecule has 2 aromatic rings. The first-order chi connectivity index (χ1) is 14.6. The predicted octanol–water partition coefficient (Wildman–Crippen LogP) is 2.20. The number of alkyl halides is 3. The lowest BCUT2D eigenvalue weighted by atomic mass is 9.83. The molecule has 0 amide bonds. The van der Waals surface area contributed by atoms with Crippen LogP contribution in [0.4, 0.5) is 23.2 Å². The quantitative estimate of drug-likeness (QED) is 0.629. The minimum Gasteiger partial charge on any atom is -0.480 e. The standard InChI is InChI=1S/C19H20F4N6O2/c1-18(5-14(19(21,22)23)31-17(24)29-18)10-4-12-9(3-11(10)20)6-27-16(28-12)13-7-26-15(30-2)8-25-13/h3-4,7-8,14,17,29H,5-6,24H2,1-2H3,(H,27,28)/t14-,17?,18-/m0/s1. The number of nitrogens with zero attached hydrogens (tertiary/aromatic N) is 3. The van der Waals surface area contributed by atoms with Crippen molar-refractivity contribution in [2.45, 2.75) is 44.1 Å². The van der Waals surface area contributed by atoms with Crippen molar-refractivity contribution in [2.75, 3.05) is 7.11 Å². The first-order valence-corrected chi connectivity index (χ1v) is 9.36. The molecule has 12 heteroatoms. The van der Waals surface area contributed by atoms with Crippen molar-refractivity contribution >= 4 is 11.5 Å². The number of nitrogens with one attached hydrogen (secondary N) is 2. The predicted molar refractivity (Wildman–Crippen MR) is 102 cm³/mol. The molecule has 1 aromatic heterocycles. The first kappa shape index (κ1) is 21.4. The summed E-state index contributed by atoms with van der Waals surface area (Å²) < 4.78 is 64.6. The monoisotopic (exact) mass is 440 g/mol. The molecule has 1 fully saturated rings. The van der Waals surface area contributed by atoms with Gasteiger partial charge in [-0.3, -0.25) is 11.1 Å². The maximum Gasteiger partial charge on any atom is 0.414 e. The largest absolute Gasteiger partial charge is 0.480 e. The topological polar surface area (TPSA) is 107 Å². The highest BCUT2D eigenvalue weighted by Crippen LogP contribution is 2.40. The third-order valence-electron chi connectivity index (χ3n) is 5.25. The van der Waals surface area contributed by atoms with Gasteiger partial charge < -0.3 is 14.8 Å². The van der Waals surface area contributed by atoms with Crippen molar-refractivity contribution in [3.05, 3.63) is 47.2 Å². The van der Waals surface area contributed by atoms with E-state index in [1.54, 1.807) is 0 Å². The highest BCUT2D eigenvalue weighted by atomic mass is 19.4. The van der Waals surface area contributed by atoms with E-state index in [0.29, 0.717) is 28.7 Å². The van der Waals surface area contributed by atoms with Crippen LogP contribution in [0.1, 0.15) is 30.2 Å². The molecule has 2 aliphatic heterocycles. The summed E-state index contributed by atoms with van der Waals surface area (Å²) in [6.45, 7) is 1.72. The number of aromatic nitrogens is 2. The molecule has 2 aliphatic rings. The Bertz CT molecular complexity index is 1010. The lowest BCUT2D eigenvalue weighted by molar-refractivity contribution is -0.260. The van der Waals surface area contributed by atoms with Gasteiger partial charge in [-0.1, -0.05) is 0 Å². The van der Waals surface area contributed by atoms with Gasteiger partial charge in [0.25, 0.3) is 0 Å². The second-order valence-corrected chi connectivity index (χ2v) is 7.49. The Labute approximate surface area is 174 Å². The van der Waals surface area contributed by atoms with Crippen molar-refractivity contribution < 1.29 is 27.0 Å². The molecule has 0 bridgehead atoms. The maximum atomic E-state index is 14.9. The van der Waals surface area contributed by atoms with Gasteiger partial charge in [0.2, 0.25) is 5.88 Å². The molecule has 31 heavy (non-hydrogen) atoms. The van der Waals surface area contributed by atoms with E-state index in [0.717, 1.165) is 0 Å². The zero-order valence-corrected chi connectivity index (χ0v) is 16.6. The van der Waals surface area contributed by atoms with E-state index in [1.807, 2.05) is 0 Å². The van der Waals surface area contributed by atoms with Crippen LogP contribution in [-0.2, 0) is 16.8 Å². The minimum absolute atomic E-state index is 0.0186. The van der Waals surface area contributed by atoms with Gasteiger partial charge in [0.15, 0.2) is 18.3 Å². The van der Waals surface area contributed by atoms with E-state index in [-0.39, 0.29) is 12.1 Å². The number of aliphatic imine (C=N–C) groups is 1. The summed E-state index contributed by atoms with van der Waals surface area (Å²) in [6.07, 6.45) is -5.81. The van der Waals surface area contributed by atoms with Crippen LogP contribution in [0.3, 0.4) is 0 Å². The van der Waals surface area contributed by atoms with Crippen LogP contribution in [0, 0.1) is 5.82 Å². The average molecular weight is 440 g/mol. The Balaban J connectivity index is 1.71. The summed E-state index contributed by atoms with van der Waals surface area (Å²) in [6, 6.07) is 2.69. The summed E-state index contributed by atoms with van der Waals surface area (Å²) in [5, 5.41) is 5.76. The minimum atomic E-state index is -4.63. The molecule has 1 unspecified atom stereocenters. The molecule has 0 aliphatic carbocycles. The Morgan fingerprint density at radius 2 is 2.03 bits per heavy atom. The summed E-state index contributed by atoms with van der Waals surface area (Å²) >= 11 is 0. The van der Waals surface area contributed by atoms with Crippen LogP contribution in [0.5, 0.6) is 5.88 Å². The number of ether oxygens (including phenoxy) is 2. The van der Waals surface area contributed by atoms with Gasteiger partial charge in [-0.2, -0.15) is 13.2 Å². The molecular formula is C19H20F4N6O2. The van der Waals surface area contributed by atoms with E-state index in [2.05, 4.69) is 25.6 Å². The molecule has 0 radical (unpaired) electrons. The van der Waals surface area contributed by atoms with E-state index in [4.69, 9.17) is 15.2 Å². The Kier molecular flexibility index (Phi) is 5.31. The van der Waals surface area contributed by atoms with Crippen LogP contribution < -0.4 is 21.1 Å². The fraction of sp³-hybridized carbons (Fsp3) is 0.421. The zero-order valence-electron chi connectivity index (χ0n) is 16.6. The highest BCUT2D eigenvalue weighted by molar-refractivity contribution is 5.99. The van der Waals surface area contributed by atoms with Gasteiger partial charge in [-0.25, -0.2) is 19.4 Å². The fourth-order valence-corrected chi connectivity index (χ4v) is 3.69. The Morgan fingerprint density at radius 3 is 2.68 bits per heavy atom.